The number of rotatable bonds is 9. The monoisotopic (exact) mass is 571 g/mol. The third-order valence-corrected chi connectivity index (χ3v) is 7.87. The van der Waals surface area contributed by atoms with E-state index in [-0.39, 0.29) is 23.2 Å². The number of benzene rings is 1. The molecular weight excluding hydrogens is 541 g/mol. The lowest BCUT2D eigenvalue weighted by Crippen LogP contribution is -2.53. The van der Waals surface area contributed by atoms with Crippen molar-refractivity contribution in [3.05, 3.63) is 41.0 Å². The Labute approximate surface area is 237 Å². The summed E-state index contributed by atoms with van der Waals surface area (Å²) in [5.74, 6) is 2.62. The van der Waals surface area contributed by atoms with Gasteiger partial charge >= 0.3 is 0 Å². The summed E-state index contributed by atoms with van der Waals surface area (Å²) in [6.45, 7) is 10.7. The number of halogens is 2. The molecule has 11 heteroatoms. The lowest BCUT2D eigenvalue weighted by molar-refractivity contribution is -0.115. The zero-order valence-electron chi connectivity index (χ0n) is 22.4. The Kier molecular flexibility index (Phi) is 7.59. The van der Waals surface area contributed by atoms with Crippen LogP contribution in [0.4, 0.5) is 11.6 Å². The van der Waals surface area contributed by atoms with Crippen LogP contribution in [-0.4, -0.2) is 67.3 Å². The zero-order valence-corrected chi connectivity index (χ0v) is 23.9. The van der Waals surface area contributed by atoms with Gasteiger partial charge in [0, 0.05) is 36.9 Å². The predicted octanol–water partition coefficient (Wildman–Crippen LogP) is 5.43. The summed E-state index contributed by atoms with van der Waals surface area (Å²) in [6, 6.07) is 3.53. The summed E-state index contributed by atoms with van der Waals surface area (Å²) in [7, 11) is 3.05. The van der Waals surface area contributed by atoms with Crippen LogP contribution in [0.25, 0.3) is 22.3 Å². The van der Waals surface area contributed by atoms with Crippen molar-refractivity contribution in [3.8, 4) is 22.9 Å². The van der Waals surface area contributed by atoms with E-state index in [0.717, 1.165) is 24.3 Å². The van der Waals surface area contributed by atoms with Gasteiger partial charge in [-0.15, -0.1) is 0 Å². The summed E-state index contributed by atoms with van der Waals surface area (Å²) >= 11 is 13.4. The van der Waals surface area contributed by atoms with E-state index in [1.165, 1.54) is 20.3 Å². The minimum Gasteiger partial charge on any atom is -0.495 e. The van der Waals surface area contributed by atoms with Crippen LogP contribution in [0.3, 0.4) is 0 Å². The molecule has 9 nitrogen and oxygen atoms in total. The number of pyridine rings is 1. The van der Waals surface area contributed by atoms with E-state index in [4.69, 9.17) is 47.4 Å². The minimum absolute atomic E-state index is 0.00104. The predicted molar refractivity (Wildman–Crippen MR) is 153 cm³/mol. The van der Waals surface area contributed by atoms with Crippen LogP contribution in [0, 0.1) is 11.3 Å². The standard InChI is InChI=1S/C28H31Cl2N5O4/c1-6-16(36)7-15-11-39-12-19(15)32-22-8-17-18(10-31-22)33-26(34-27(17)35-13-28(2,3)14-35)23-24(29)20(37-4)9-21(38-5)25(23)30/h6,8-10,15,19H,1,7,11-14H2,2-5H3,(H,31,32)/t15-,19+/m0/s1. The highest BCUT2D eigenvalue weighted by atomic mass is 35.5. The van der Waals surface area contributed by atoms with Crippen LogP contribution in [0.2, 0.25) is 10.0 Å². The molecule has 2 fully saturated rings. The Morgan fingerprint density at radius 1 is 1.18 bits per heavy atom. The van der Waals surface area contributed by atoms with Gasteiger partial charge < -0.3 is 24.4 Å². The Morgan fingerprint density at radius 2 is 1.87 bits per heavy atom. The molecule has 1 N–H and O–H groups in total. The summed E-state index contributed by atoms with van der Waals surface area (Å²) in [6.07, 6.45) is 3.44. The number of nitrogens with one attached hydrogen (secondary N) is 1. The summed E-state index contributed by atoms with van der Waals surface area (Å²) in [5.41, 5.74) is 1.23. The van der Waals surface area contributed by atoms with Crippen molar-refractivity contribution in [1.29, 1.82) is 0 Å². The maximum atomic E-state index is 12.0. The second-order valence-corrected chi connectivity index (χ2v) is 11.4. The molecule has 4 heterocycles. The van der Waals surface area contributed by atoms with Crippen LogP contribution < -0.4 is 19.7 Å². The molecule has 0 spiro atoms. The fraction of sp³-hybridized carbons (Fsp3) is 0.429. The molecule has 0 unspecified atom stereocenters. The number of hydrogen-bond donors (Lipinski definition) is 1. The van der Waals surface area contributed by atoms with Gasteiger partial charge in [0.2, 0.25) is 0 Å². The van der Waals surface area contributed by atoms with E-state index in [1.807, 2.05) is 6.07 Å². The van der Waals surface area contributed by atoms with Crippen LogP contribution in [0.5, 0.6) is 11.5 Å². The summed E-state index contributed by atoms with van der Waals surface area (Å²) in [4.78, 5) is 28.6. The average Bonchev–Trinajstić information content (AvgIpc) is 3.33. The Hall–Kier alpha value is -3.14. The Balaban J connectivity index is 1.58. The van der Waals surface area contributed by atoms with E-state index in [9.17, 15) is 4.79 Å². The van der Waals surface area contributed by atoms with Crippen molar-refractivity contribution < 1.29 is 19.0 Å². The fourth-order valence-corrected chi connectivity index (χ4v) is 5.83. The molecule has 0 saturated carbocycles. The number of fused-ring (bicyclic) bond motifs is 1. The quantitative estimate of drug-likeness (QED) is 0.337. The first-order valence-corrected chi connectivity index (χ1v) is 13.4. The molecule has 2 aromatic heterocycles. The first-order valence-electron chi connectivity index (χ1n) is 12.7. The first-order chi connectivity index (χ1) is 18.6. The highest BCUT2D eigenvalue weighted by Crippen LogP contribution is 2.46. The number of carbonyl (C=O) groups is 1. The van der Waals surface area contributed by atoms with Gasteiger partial charge in [-0.1, -0.05) is 43.6 Å². The first kappa shape index (κ1) is 27.4. The zero-order chi connectivity index (χ0) is 27.9. The maximum Gasteiger partial charge on any atom is 0.165 e. The van der Waals surface area contributed by atoms with Gasteiger partial charge in [-0.2, -0.15) is 0 Å². The molecule has 1 aromatic carbocycles. The van der Waals surface area contributed by atoms with Gasteiger partial charge in [0.25, 0.3) is 0 Å². The molecule has 0 amide bonds. The smallest absolute Gasteiger partial charge is 0.165 e. The van der Waals surface area contributed by atoms with Crippen molar-refractivity contribution in [1.82, 2.24) is 15.0 Å². The van der Waals surface area contributed by atoms with Gasteiger partial charge in [0.15, 0.2) is 11.6 Å². The molecule has 206 valence electrons. The molecule has 3 aromatic rings. The average molecular weight is 572 g/mol. The highest BCUT2D eigenvalue weighted by Gasteiger charge is 2.37. The van der Waals surface area contributed by atoms with Gasteiger partial charge in [-0.3, -0.25) is 4.79 Å². The molecule has 2 saturated heterocycles. The van der Waals surface area contributed by atoms with Crippen molar-refractivity contribution in [2.75, 3.05) is 50.7 Å². The third-order valence-electron chi connectivity index (χ3n) is 7.12. The molecule has 5 rings (SSSR count). The molecular formula is C28H31Cl2N5O4. The van der Waals surface area contributed by atoms with E-state index in [1.54, 1.807) is 12.3 Å². The number of ketones is 1. The van der Waals surface area contributed by atoms with Crippen molar-refractivity contribution in [2.45, 2.75) is 26.3 Å². The topological polar surface area (TPSA) is 98.7 Å². The van der Waals surface area contributed by atoms with Crippen molar-refractivity contribution in [2.24, 2.45) is 11.3 Å². The largest absolute Gasteiger partial charge is 0.495 e. The van der Waals surface area contributed by atoms with Crippen molar-refractivity contribution in [3.63, 3.8) is 0 Å². The van der Waals surface area contributed by atoms with Gasteiger partial charge in [0.05, 0.1) is 60.8 Å². The number of allylic oxidation sites excluding steroid dienone is 1. The summed E-state index contributed by atoms with van der Waals surface area (Å²) < 4.78 is 16.6. The Bertz CT molecular complexity index is 1410. The lowest BCUT2D eigenvalue weighted by atomic mass is 9.84. The number of methoxy groups -OCH3 is 2. The third kappa shape index (κ3) is 5.35. The van der Waals surface area contributed by atoms with E-state index >= 15 is 0 Å². The summed E-state index contributed by atoms with van der Waals surface area (Å²) in [5, 5.41) is 4.89. The number of ether oxygens (including phenoxy) is 3. The number of aromatic nitrogens is 3. The van der Waals surface area contributed by atoms with E-state index in [0.29, 0.717) is 63.9 Å². The van der Waals surface area contributed by atoms with Crippen LogP contribution >= 0.6 is 23.2 Å². The normalized spacial score (nSPS) is 20.0. The number of nitrogens with zero attached hydrogens (tertiary/aromatic N) is 4. The highest BCUT2D eigenvalue weighted by molar-refractivity contribution is 6.41. The molecule has 0 aliphatic carbocycles. The van der Waals surface area contributed by atoms with Gasteiger partial charge in [0.1, 0.15) is 23.1 Å². The number of carbonyl (C=O) groups excluding carboxylic acids is 1. The van der Waals surface area contributed by atoms with E-state index in [2.05, 4.69) is 35.6 Å². The molecule has 0 bridgehead atoms. The molecule has 2 aliphatic rings. The minimum atomic E-state index is -0.0488. The van der Waals surface area contributed by atoms with Crippen LogP contribution in [0.15, 0.2) is 31.0 Å². The van der Waals surface area contributed by atoms with E-state index < -0.39 is 0 Å². The lowest BCUT2D eigenvalue weighted by Gasteiger charge is -2.47. The van der Waals surface area contributed by atoms with Gasteiger partial charge in [-0.25, -0.2) is 15.0 Å². The second kappa shape index (κ2) is 10.8. The molecule has 0 radical (unpaired) electrons. The molecule has 39 heavy (non-hydrogen) atoms. The number of hydrogen-bond acceptors (Lipinski definition) is 9. The van der Waals surface area contributed by atoms with Gasteiger partial charge in [-0.05, 0) is 17.6 Å². The fourth-order valence-electron chi connectivity index (χ4n) is 5.16. The van der Waals surface area contributed by atoms with Crippen LogP contribution in [-0.2, 0) is 9.53 Å². The molecule has 2 atom stereocenters. The number of anilines is 2. The Morgan fingerprint density at radius 3 is 2.49 bits per heavy atom. The van der Waals surface area contributed by atoms with Crippen molar-refractivity contribution >= 4 is 51.5 Å². The SMILES string of the molecule is C=CC(=O)C[C@H]1COC[C@H]1Nc1cc2c(N3CC(C)(C)C3)nc(-c3c(Cl)c(OC)cc(OC)c3Cl)nc2cn1. The second-order valence-electron chi connectivity index (χ2n) is 10.7. The van der Waals surface area contributed by atoms with Crippen LogP contribution in [0.1, 0.15) is 20.3 Å². The maximum absolute atomic E-state index is 12.0. The molecule has 2 aliphatic heterocycles.